The third-order valence-electron chi connectivity index (χ3n) is 4.97. The lowest BCUT2D eigenvalue weighted by Gasteiger charge is -2.07. The summed E-state index contributed by atoms with van der Waals surface area (Å²) in [4.78, 5) is 15.4. The number of benzene rings is 1. The molecule has 4 rings (SSSR count). The summed E-state index contributed by atoms with van der Waals surface area (Å²) in [5, 5.41) is 18.0. The molecule has 170 valence electrons. The van der Waals surface area contributed by atoms with Crippen LogP contribution < -0.4 is 9.47 Å². The first-order valence-corrected chi connectivity index (χ1v) is 10.6. The largest absolute Gasteiger partial charge is 0.489 e. The first-order chi connectivity index (χ1) is 16.0. The summed E-state index contributed by atoms with van der Waals surface area (Å²) in [6, 6.07) is 13.4. The Bertz CT molecular complexity index is 1220. The Morgan fingerprint density at radius 1 is 1.03 bits per heavy atom. The molecule has 1 aromatic carbocycles. The van der Waals surface area contributed by atoms with Gasteiger partial charge in [0.2, 0.25) is 5.88 Å². The summed E-state index contributed by atoms with van der Waals surface area (Å²) < 4.78 is 14.8. The quantitative estimate of drug-likeness (QED) is 0.397. The summed E-state index contributed by atoms with van der Waals surface area (Å²) in [5.41, 5.74) is 3.44. The minimum Gasteiger partial charge on any atom is -0.489 e. The molecule has 0 radical (unpaired) electrons. The molecule has 9 nitrogen and oxygen atoms in total. The minimum absolute atomic E-state index is 0.127. The standard InChI is InChI=1S/C24H25N5O4/c1-3-32-24-19(12-23(30)31)14-28(27-24)13-18-7-9-21(10-8-18)33-16-20-15-29(26-17(20)2)22-6-4-5-11-25-22/h4-11,14-15H,3,12-13,16H2,1-2H3,(H,30,31). The molecule has 3 heterocycles. The van der Waals surface area contributed by atoms with Crippen molar-refractivity contribution in [3.05, 3.63) is 83.4 Å². The van der Waals surface area contributed by atoms with E-state index in [9.17, 15) is 4.79 Å². The monoisotopic (exact) mass is 447 g/mol. The molecule has 3 aromatic heterocycles. The van der Waals surface area contributed by atoms with E-state index in [1.54, 1.807) is 21.8 Å². The van der Waals surface area contributed by atoms with E-state index in [1.807, 2.05) is 62.5 Å². The van der Waals surface area contributed by atoms with E-state index in [0.29, 0.717) is 31.2 Å². The smallest absolute Gasteiger partial charge is 0.308 e. The lowest BCUT2D eigenvalue weighted by molar-refractivity contribution is -0.136. The van der Waals surface area contributed by atoms with E-state index >= 15 is 0 Å². The molecule has 1 N–H and O–H groups in total. The minimum atomic E-state index is -0.919. The molecule has 0 atom stereocenters. The molecular formula is C24H25N5O4. The lowest BCUT2D eigenvalue weighted by atomic mass is 10.2. The molecule has 0 aliphatic heterocycles. The Labute approximate surface area is 191 Å². The Hall–Kier alpha value is -4.14. The number of nitrogens with zero attached hydrogens (tertiary/aromatic N) is 5. The molecule has 0 aliphatic carbocycles. The number of aliphatic carboxylic acids is 1. The summed E-state index contributed by atoms with van der Waals surface area (Å²) in [6.45, 7) is 5.10. The number of aromatic nitrogens is 5. The molecule has 0 saturated heterocycles. The average molecular weight is 447 g/mol. The van der Waals surface area contributed by atoms with Crippen molar-refractivity contribution < 1.29 is 19.4 Å². The zero-order chi connectivity index (χ0) is 23.2. The molecule has 0 amide bonds. The van der Waals surface area contributed by atoms with E-state index in [4.69, 9.17) is 14.6 Å². The van der Waals surface area contributed by atoms with Gasteiger partial charge in [-0.1, -0.05) is 18.2 Å². The van der Waals surface area contributed by atoms with Crippen molar-refractivity contribution in [2.45, 2.75) is 33.4 Å². The van der Waals surface area contributed by atoms with Gasteiger partial charge in [-0.3, -0.25) is 9.48 Å². The SMILES string of the molecule is CCOc1nn(Cc2ccc(OCc3cn(-c4ccccn4)nc3C)cc2)cc1CC(=O)O. The zero-order valence-electron chi connectivity index (χ0n) is 18.5. The highest BCUT2D eigenvalue weighted by Crippen LogP contribution is 2.20. The second-order valence-electron chi connectivity index (χ2n) is 7.47. The first kappa shape index (κ1) is 22.1. The van der Waals surface area contributed by atoms with Gasteiger partial charge in [0.25, 0.3) is 0 Å². The van der Waals surface area contributed by atoms with Gasteiger partial charge in [0, 0.05) is 29.7 Å². The van der Waals surface area contributed by atoms with Crippen molar-refractivity contribution in [3.63, 3.8) is 0 Å². The van der Waals surface area contributed by atoms with Gasteiger partial charge in [-0.2, -0.15) is 5.10 Å². The van der Waals surface area contributed by atoms with Crippen LogP contribution in [0.2, 0.25) is 0 Å². The van der Waals surface area contributed by atoms with Crippen molar-refractivity contribution in [1.82, 2.24) is 24.5 Å². The number of carboxylic acids is 1. The van der Waals surface area contributed by atoms with Gasteiger partial charge in [-0.05, 0) is 43.7 Å². The molecular weight excluding hydrogens is 422 g/mol. The van der Waals surface area contributed by atoms with Gasteiger partial charge in [0.15, 0.2) is 5.82 Å². The third kappa shape index (κ3) is 5.57. The van der Waals surface area contributed by atoms with Crippen LogP contribution in [0, 0.1) is 6.92 Å². The van der Waals surface area contributed by atoms with Crippen LogP contribution in [-0.4, -0.2) is 42.2 Å². The predicted molar refractivity (Wildman–Crippen MR) is 121 cm³/mol. The molecule has 4 aromatic rings. The van der Waals surface area contributed by atoms with Crippen molar-refractivity contribution in [3.8, 4) is 17.4 Å². The predicted octanol–water partition coefficient (Wildman–Crippen LogP) is 3.43. The summed E-state index contributed by atoms with van der Waals surface area (Å²) >= 11 is 0. The number of aryl methyl sites for hydroxylation is 1. The second kappa shape index (κ2) is 9.99. The number of hydrogen-bond donors (Lipinski definition) is 1. The highest BCUT2D eigenvalue weighted by Gasteiger charge is 2.14. The van der Waals surface area contributed by atoms with Gasteiger partial charge in [0.1, 0.15) is 12.4 Å². The van der Waals surface area contributed by atoms with E-state index in [1.165, 1.54) is 0 Å². The van der Waals surface area contributed by atoms with Crippen LogP contribution in [0.3, 0.4) is 0 Å². The Balaban J connectivity index is 1.38. The van der Waals surface area contributed by atoms with Gasteiger partial charge in [-0.15, -0.1) is 5.10 Å². The van der Waals surface area contributed by atoms with E-state index in [2.05, 4.69) is 15.2 Å². The summed E-state index contributed by atoms with van der Waals surface area (Å²) in [7, 11) is 0. The third-order valence-corrected chi connectivity index (χ3v) is 4.97. The van der Waals surface area contributed by atoms with E-state index in [-0.39, 0.29) is 6.42 Å². The number of ether oxygens (including phenoxy) is 2. The Morgan fingerprint density at radius 3 is 2.55 bits per heavy atom. The second-order valence-corrected chi connectivity index (χ2v) is 7.47. The summed E-state index contributed by atoms with van der Waals surface area (Å²) in [6.07, 6.45) is 5.25. The number of rotatable bonds is 10. The fourth-order valence-electron chi connectivity index (χ4n) is 3.35. The Morgan fingerprint density at radius 2 is 1.85 bits per heavy atom. The molecule has 9 heteroatoms. The number of carbonyl (C=O) groups is 1. The van der Waals surface area contributed by atoms with Gasteiger partial charge >= 0.3 is 5.97 Å². The summed E-state index contributed by atoms with van der Waals surface area (Å²) in [5.74, 6) is 0.943. The van der Waals surface area contributed by atoms with E-state index in [0.717, 1.165) is 28.4 Å². The molecule has 0 unspecified atom stereocenters. The maximum absolute atomic E-state index is 11.1. The van der Waals surface area contributed by atoms with Gasteiger partial charge in [0.05, 0.1) is 25.3 Å². The number of carboxylic acid groups (broad SMARTS) is 1. The van der Waals surface area contributed by atoms with Crippen LogP contribution in [-0.2, 0) is 24.4 Å². The zero-order valence-corrected chi connectivity index (χ0v) is 18.5. The topological polar surface area (TPSA) is 104 Å². The molecule has 0 spiro atoms. The van der Waals surface area contributed by atoms with Crippen LogP contribution >= 0.6 is 0 Å². The van der Waals surface area contributed by atoms with Crippen molar-refractivity contribution >= 4 is 5.97 Å². The maximum Gasteiger partial charge on any atom is 0.308 e. The molecule has 0 aliphatic rings. The van der Waals surface area contributed by atoms with Crippen molar-refractivity contribution in [1.29, 1.82) is 0 Å². The van der Waals surface area contributed by atoms with Crippen LogP contribution in [0.25, 0.3) is 5.82 Å². The van der Waals surface area contributed by atoms with Crippen molar-refractivity contribution in [2.75, 3.05) is 6.61 Å². The number of pyridine rings is 1. The van der Waals surface area contributed by atoms with Crippen LogP contribution in [0.15, 0.2) is 61.1 Å². The fourth-order valence-corrected chi connectivity index (χ4v) is 3.35. The Kier molecular flexibility index (Phi) is 6.68. The van der Waals surface area contributed by atoms with Gasteiger partial charge < -0.3 is 14.6 Å². The first-order valence-electron chi connectivity index (χ1n) is 10.6. The molecule has 0 fully saturated rings. The maximum atomic E-state index is 11.1. The van der Waals surface area contributed by atoms with Crippen LogP contribution in [0.1, 0.15) is 29.3 Å². The normalized spacial score (nSPS) is 10.8. The van der Waals surface area contributed by atoms with Crippen LogP contribution in [0.5, 0.6) is 11.6 Å². The van der Waals surface area contributed by atoms with Gasteiger partial charge in [-0.25, -0.2) is 9.67 Å². The number of hydrogen-bond acceptors (Lipinski definition) is 6. The van der Waals surface area contributed by atoms with Crippen LogP contribution in [0.4, 0.5) is 0 Å². The highest BCUT2D eigenvalue weighted by atomic mass is 16.5. The highest BCUT2D eigenvalue weighted by molar-refractivity contribution is 5.70. The molecule has 33 heavy (non-hydrogen) atoms. The molecule has 0 saturated carbocycles. The lowest BCUT2D eigenvalue weighted by Crippen LogP contribution is -2.02. The molecule has 0 bridgehead atoms. The fraction of sp³-hybridized carbons (Fsp3) is 0.250. The van der Waals surface area contributed by atoms with Crippen molar-refractivity contribution in [2.24, 2.45) is 0 Å². The van der Waals surface area contributed by atoms with E-state index < -0.39 is 5.97 Å². The average Bonchev–Trinajstić information content (AvgIpc) is 3.36.